The summed E-state index contributed by atoms with van der Waals surface area (Å²) in [5.41, 5.74) is -0.581. The molecular weight excluding hydrogens is 176 g/mol. The van der Waals surface area contributed by atoms with Crippen molar-refractivity contribution in [3.05, 3.63) is 0 Å². The summed E-state index contributed by atoms with van der Waals surface area (Å²) in [6.45, 7) is 10.2. The van der Waals surface area contributed by atoms with Gasteiger partial charge in [-0.05, 0) is 46.3 Å². The molecule has 0 amide bonds. The average Bonchev–Trinajstić information content (AvgIpc) is 2.14. The van der Waals surface area contributed by atoms with Crippen LogP contribution >= 0.6 is 0 Å². The Labute approximate surface area is 87.5 Å². The van der Waals surface area contributed by atoms with Gasteiger partial charge in [0.05, 0.1) is 5.60 Å². The van der Waals surface area contributed by atoms with Crippen molar-refractivity contribution >= 4 is 0 Å². The van der Waals surface area contributed by atoms with Crippen molar-refractivity contribution in [1.82, 2.24) is 10.2 Å². The first-order valence-corrected chi connectivity index (χ1v) is 5.69. The first-order valence-electron chi connectivity index (χ1n) is 5.69. The molecule has 0 saturated carbocycles. The zero-order valence-corrected chi connectivity index (χ0v) is 9.71. The summed E-state index contributed by atoms with van der Waals surface area (Å²) in [4.78, 5) is 2.47. The minimum atomic E-state index is -0.581. The first-order chi connectivity index (χ1) is 6.51. The number of nitrogens with one attached hydrogen (secondary N) is 1. The summed E-state index contributed by atoms with van der Waals surface area (Å²) < 4.78 is 0. The quantitative estimate of drug-likeness (QED) is 0.705. The van der Waals surface area contributed by atoms with Crippen LogP contribution in [0, 0.1) is 0 Å². The molecule has 1 heterocycles. The van der Waals surface area contributed by atoms with Gasteiger partial charge in [-0.25, -0.2) is 0 Å². The zero-order chi connectivity index (χ0) is 10.6. The van der Waals surface area contributed by atoms with E-state index >= 15 is 0 Å². The molecule has 0 aliphatic carbocycles. The predicted molar refractivity (Wildman–Crippen MR) is 59.4 cm³/mol. The van der Waals surface area contributed by atoms with Gasteiger partial charge in [-0.15, -0.1) is 0 Å². The summed E-state index contributed by atoms with van der Waals surface area (Å²) in [5.74, 6) is 0. The zero-order valence-electron chi connectivity index (χ0n) is 9.71. The van der Waals surface area contributed by atoms with Gasteiger partial charge in [0.15, 0.2) is 0 Å². The normalized spacial score (nSPS) is 21.4. The second kappa shape index (κ2) is 5.10. The van der Waals surface area contributed by atoms with Crippen molar-refractivity contribution in [3.63, 3.8) is 0 Å². The Balaban J connectivity index is 2.16. The van der Waals surface area contributed by atoms with Crippen molar-refractivity contribution in [2.45, 2.75) is 45.3 Å². The Morgan fingerprint density at radius 3 is 2.36 bits per heavy atom. The summed E-state index contributed by atoms with van der Waals surface area (Å²) in [5, 5.41) is 13.0. The van der Waals surface area contributed by atoms with E-state index in [0.29, 0.717) is 12.6 Å². The maximum absolute atomic E-state index is 9.57. The Morgan fingerprint density at radius 1 is 1.36 bits per heavy atom. The average molecular weight is 200 g/mol. The number of piperidine rings is 1. The van der Waals surface area contributed by atoms with Crippen molar-refractivity contribution in [2.24, 2.45) is 0 Å². The Morgan fingerprint density at radius 2 is 1.93 bits per heavy atom. The fourth-order valence-electron chi connectivity index (χ4n) is 1.85. The smallest absolute Gasteiger partial charge is 0.0715 e. The minimum absolute atomic E-state index is 0.581. The number of aliphatic hydroxyl groups is 1. The third-order valence-electron chi connectivity index (χ3n) is 2.86. The third-order valence-corrected chi connectivity index (χ3v) is 2.86. The lowest BCUT2D eigenvalue weighted by Crippen LogP contribution is -2.46. The molecule has 1 fully saturated rings. The molecule has 3 heteroatoms. The number of likely N-dealkylation sites (tertiary alicyclic amines) is 1. The second-order valence-corrected chi connectivity index (χ2v) is 4.90. The van der Waals surface area contributed by atoms with Crippen LogP contribution in [0.15, 0.2) is 0 Å². The van der Waals surface area contributed by atoms with Crippen LogP contribution in [-0.4, -0.2) is 47.8 Å². The van der Waals surface area contributed by atoms with Crippen LogP contribution in [0.4, 0.5) is 0 Å². The number of rotatable bonds is 4. The molecule has 0 atom stereocenters. The Bertz CT molecular complexity index is 157. The van der Waals surface area contributed by atoms with Crippen LogP contribution < -0.4 is 5.32 Å². The SMILES string of the molecule is CCN1CCC(NCC(C)(C)O)CC1. The highest BCUT2D eigenvalue weighted by Gasteiger charge is 2.20. The summed E-state index contributed by atoms with van der Waals surface area (Å²) in [6.07, 6.45) is 2.42. The summed E-state index contributed by atoms with van der Waals surface area (Å²) in [6, 6.07) is 0.601. The molecule has 1 aliphatic rings. The molecule has 0 spiro atoms. The second-order valence-electron chi connectivity index (χ2n) is 4.90. The molecule has 0 radical (unpaired) electrons. The van der Waals surface area contributed by atoms with Gasteiger partial charge >= 0.3 is 0 Å². The van der Waals surface area contributed by atoms with E-state index in [1.54, 1.807) is 0 Å². The number of hydrogen-bond acceptors (Lipinski definition) is 3. The van der Waals surface area contributed by atoms with E-state index in [1.165, 1.54) is 25.9 Å². The highest BCUT2D eigenvalue weighted by atomic mass is 16.3. The van der Waals surface area contributed by atoms with Gasteiger partial charge in [-0.1, -0.05) is 6.92 Å². The van der Waals surface area contributed by atoms with E-state index in [2.05, 4.69) is 17.1 Å². The monoisotopic (exact) mass is 200 g/mol. The van der Waals surface area contributed by atoms with Crippen LogP contribution in [0.5, 0.6) is 0 Å². The number of hydrogen-bond donors (Lipinski definition) is 2. The molecule has 1 saturated heterocycles. The molecular formula is C11H24N2O. The van der Waals surface area contributed by atoms with Crippen molar-refractivity contribution < 1.29 is 5.11 Å². The minimum Gasteiger partial charge on any atom is -0.389 e. The van der Waals surface area contributed by atoms with Crippen LogP contribution in [0.3, 0.4) is 0 Å². The van der Waals surface area contributed by atoms with Gasteiger partial charge in [0.1, 0.15) is 0 Å². The van der Waals surface area contributed by atoms with Crippen molar-refractivity contribution in [3.8, 4) is 0 Å². The van der Waals surface area contributed by atoms with Gasteiger partial charge in [0, 0.05) is 12.6 Å². The van der Waals surface area contributed by atoms with E-state index in [0.717, 1.165) is 6.54 Å². The molecule has 0 aromatic heterocycles. The molecule has 0 bridgehead atoms. The van der Waals surface area contributed by atoms with Crippen LogP contribution in [0.1, 0.15) is 33.6 Å². The van der Waals surface area contributed by atoms with Crippen LogP contribution in [0.2, 0.25) is 0 Å². The van der Waals surface area contributed by atoms with Crippen LogP contribution in [0.25, 0.3) is 0 Å². The maximum Gasteiger partial charge on any atom is 0.0715 e. The molecule has 3 nitrogen and oxygen atoms in total. The highest BCUT2D eigenvalue weighted by molar-refractivity contribution is 4.79. The Kier molecular flexibility index (Phi) is 4.35. The summed E-state index contributed by atoms with van der Waals surface area (Å²) in [7, 11) is 0. The van der Waals surface area contributed by atoms with Gasteiger partial charge in [-0.2, -0.15) is 0 Å². The Hall–Kier alpha value is -0.120. The fraction of sp³-hybridized carbons (Fsp3) is 1.00. The first kappa shape index (κ1) is 12.0. The van der Waals surface area contributed by atoms with E-state index in [-0.39, 0.29) is 0 Å². The molecule has 0 aromatic carbocycles. The van der Waals surface area contributed by atoms with Crippen molar-refractivity contribution in [1.29, 1.82) is 0 Å². The standard InChI is InChI=1S/C11H24N2O/c1-4-13-7-5-10(6-8-13)12-9-11(2,3)14/h10,12,14H,4-9H2,1-3H3. The summed E-state index contributed by atoms with van der Waals surface area (Å²) >= 11 is 0. The van der Waals surface area contributed by atoms with Crippen LogP contribution in [-0.2, 0) is 0 Å². The predicted octanol–water partition coefficient (Wildman–Crippen LogP) is 0.831. The van der Waals surface area contributed by atoms with Gasteiger partial charge in [-0.3, -0.25) is 0 Å². The highest BCUT2D eigenvalue weighted by Crippen LogP contribution is 2.10. The molecule has 1 aliphatic heterocycles. The molecule has 1 rings (SSSR count). The third kappa shape index (κ3) is 4.40. The molecule has 84 valence electrons. The fourth-order valence-corrected chi connectivity index (χ4v) is 1.85. The van der Waals surface area contributed by atoms with E-state index in [1.807, 2.05) is 13.8 Å². The lowest BCUT2D eigenvalue weighted by Gasteiger charge is -2.33. The topological polar surface area (TPSA) is 35.5 Å². The van der Waals surface area contributed by atoms with E-state index in [9.17, 15) is 5.11 Å². The van der Waals surface area contributed by atoms with E-state index in [4.69, 9.17) is 0 Å². The molecule has 14 heavy (non-hydrogen) atoms. The molecule has 2 N–H and O–H groups in total. The largest absolute Gasteiger partial charge is 0.389 e. The molecule has 0 aromatic rings. The van der Waals surface area contributed by atoms with Gasteiger partial charge < -0.3 is 15.3 Å². The van der Waals surface area contributed by atoms with E-state index < -0.39 is 5.60 Å². The number of nitrogens with zero attached hydrogens (tertiary/aromatic N) is 1. The van der Waals surface area contributed by atoms with Gasteiger partial charge in [0.2, 0.25) is 0 Å². The maximum atomic E-state index is 9.57. The van der Waals surface area contributed by atoms with Gasteiger partial charge in [0.25, 0.3) is 0 Å². The lowest BCUT2D eigenvalue weighted by atomic mass is 10.0. The lowest BCUT2D eigenvalue weighted by molar-refractivity contribution is 0.0719. The molecule has 0 unspecified atom stereocenters. The van der Waals surface area contributed by atoms with Crippen molar-refractivity contribution in [2.75, 3.05) is 26.2 Å².